The Bertz CT molecular complexity index is 265. The van der Waals surface area contributed by atoms with Crippen molar-refractivity contribution in [1.82, 2.24) is 9.80 Å². The van der Waals surface area contributed by atoms with E-state index < -0.39 is 0 Å². The van der Waals surface area contributed by atoms with Crippen LogP contribution in [-0.4, -0.2) is 38.0 Å². The van der Waals surface area contributed by atoms with Crippen LogP contribution in [0.3, 0.4) is 0 Å². The summed E-state index contributed by atoms with van der Waals surface area (Å²) >= 11 is 4.86. The summed E-state index contributed by atoms with van der Waals surface area (Å²) in [7, 11) is 8.30. The third-order valence-corrected chi connectivity index (χ3v) is 1.89. The van der Waals surface area contributed by atoms with Crippen LogP contribution in [0.25, 0.3) is 0 Å². The van der Waals surface area contributed by atoms with Gasteiger partial charge in [0.05, 0.1) is 0 Å². The number of halogens is 1. The summed E-state index contributed by atoms with van der Waals surface area (Å²) < 4.78 is 0. The molecule has 16 heavy (non-hydrogen) atoms. The molecule has 0 aliphatic carbocycles. The fourth-order valence-corrected chi connectivity index (χ4v) is 1.44. The second-order valence-electron chi connectivity index (χ2n) is 4.18. The van der Waals surface area contributed by atoms with Gasteiger partial charge in [0.1, 0.15) is 0 Å². The minimum atomic E-state index is 0.960. The second-order valence-corrected chi connectivity index (χ2v) is 4.18. The molecule has 1 rings (SSSR count). The van der Waals surface area contributed by atoms with Crippen LogP contribution < -0.4 is 0 Å². The Hall–Kier alpha value is 0.308. The van der Waals surface area contributed by atoms with E-state index in [9.17, 15) is 0 Å². The van der Waals surface area contributed by atoms with Crippen molar-refractivity contribution in [3.05, 3.63) is 35.4 Å². The van der Waals surface area contributed by atoms with E-state index in [-0.39, 0.29) is 0 Å². The zero-order valence-electron chi connectivity index (χ0n) is 10.2. The first-order valence-electron chi connectivity index (χ1n) is 4.99. The van der Waals surface area contributed by atoms with Gasteiger partial charge in [0.25, 0.3) is 0 Å². The first-order valence-corrected chi connectivity index (χ1v) is 9.96. The maximum atomic E-state index is 3.42. The van der Waals surface area contributed by atoms with Crippen LogP contribution in [0.5, 0.6) is 0 Å². The predicted octanol–water partition coefficient (Wildman–Crippen LogP) is 2.45. The van der Waals surface area contributed by atoms with E-state index in [1.165, 1.54) is 11.1 Å². The van der Waals surface area contributed by atoms with Gasteiger partial charge in [-0.2, -0.15) is 24.3 Å². The predicted molar refractivity (Wildman–Crippen MR) is 69.0 cm³/mol. The molecule has 0 spiro atoms. The molecule has 0 fully saturated rings. The Morgan fingerprint density at radius 2 is 1.38 bits per heavy atom. The molecule has 1 aromatic rings. The molecule has 0 bridgehead atoms. The van der Waals surface area contributed by atoms with Crippen LogP contribution in [0.4, 0.5) is 0 Å². The summed E-state index contributed by atoms with van der Waals surface area (Å²) in [6, 6.07) is 9.78. The summed E-state index contributed by atoms with van der Waals surface area (Å²) in [6.45, 7) is 1.92. The molecular formula is C12H19BrN2Pt-. The van der Waals surface area contributed by atoms with Crippen molar-refractivity contribution in [1.29, 1.82) is 0 Å². The third-order valence-electron chi connectivity index (χ3n) is 1.89. The van der Waals surface area contributed by atoms with Crippen molar-refractivity contribution in [2.45, 2.75) is 13.1 Å². The quantitative estimate of drug-likeness (QED) is 0.630. The molecule has 2 nitrogen and oxygen atoms in total. The van der Waals surface area contributed by atoms with Crippen molar-refractivity contribution in [3.8, 4) is 0 Å². The number of hydrogen-bond acceptors (Lipinski definition) is 2. The molecule has 0 atom stereocenters. The zero-order valence-corrected chi connectivity index (χ0v) is 14.1. The summed E-state index contributed by atoms with van der Waals surface area (Å²) in [5.74, 6) is 0. The van der Waals surface area contributed by atoms with Crippen LogP contribution in [-0.2, 0) is 30.8 Å². The van der Waals surface area contributed by atoms with Gasteiger partial charge in [0, 0.05) is 13.1 Å². The van der Waals surface area contributed by atoms with E-state index in [1.807, 2.05) is 17.8 Å². The monoisotopic (exact) mass is 465 g/mol. The topological polar surface area (TPSA) is 6.48 Å². The fourth-order valence-electron chi connectivity index (χ4n) is 1.44. The SMILES string of the molecule is CN(C)Cc1[c-]c(CN(C)C)ccc1.[Br][Pt]. The molecule has 0 aromatic heterocycles. The standard InChI is InChI=1S/C12H19N2.BrH.Pt/c1-13(2)9-11-6-5-7-12(8-11)10-14(3)4;;/h5-7H,9-10H2,1-4H3;1H;/q-1;;+1/p-1. The third kappa shape index (κ3) is 7.56. The molecule has 1 aromatic carbocycles. The van der Waals surface area contributed by atoms with Gasteiger partial charge in [-0.05, 0) is 28.2 Å². The molecule has 0 amide bonds. The zero-order chi connectivity index (χ0) is 12.6. The van der Waals surface area contributed by atoms with Crippen molar-refractivity contribution in [2.24, 2.45) is 0 Å². The van der Waals surface area contributed by atoms with Gasteiger partial charge in [0.2, 0.25) is 0 Å². The number of benzene rings is 1. The first kappa shape index (κ1) is 16.3. The molecule has 4 heteroatoms. The molecule has 0 unspecified atom stereocenters. The Morgan fingerprint density at radius 3 is 1.69 bits per heavy atom. The van der Waals surface area contributed by atoms with Gasteiger partial charge in [-0.3, -0.25) is 0 Å². The van der Waals surface area contributed by atoms with Gasteiger partial charge >= 0.3 is 31.1 Å². The Morgan fingerprint density at radius 1 is 1.00 bits per heavy atom. The minimum absolute atomic E-state index is 0.960. The van der Waals surface area contributed by atoms with Gasteiger partial charge < -0.3 is 9.80 Å². The summed E-state index contributed by atoms with van der Waals surface area (Å²) in [5, 5.41) is 0. The van der Waals surface area contributed by atoms with Gasteiger partial charge in [0.15, 0.2) is 0 Å². The summed E-state index contributed by atoms with van der Waals surface area (Å²) in [6.07, 6.45) is 0. The van der Waals surface area contributed by atoms with Crippen molar-refractivity contribution >= 4 is 13.3 Å². The number of hydrogen-bond donors (Lipinski definition) is 0. The molecule has 0 radical (unpaired) electrons. The van der Waals surface area contributed by atoms with Crippen LogP contribution in [0.2, 0.25) is 0 Å². The van der Waals surface area contributed by atoms with E-state index in [1.54, 1.807) is 0 Å². The second kappa shape index (κ2) is 9.35. The Labute approximate surface area is 117 Å². The normalized spacial score (nSPS) is 10.3. The van der Waals surface area contributed by atoms with E-state index in [2.05, 4.69) is 75.6 Å². The average Bonchev–Trinajstić information content (AvgIpc) is 2.19. The van der Waals surface area contributed by atoms with Crippen LogP contribution in [0.1, 0.15) is 11.1 Å². The van der Waals surface area contributed by atoms with Gasteiger partial charge in [-0.15, -0.1) is 11.1 Å². The molecule has 0 saturated carbocycles. The Balaban J connectivity index is 0.00000106. The molecule has 0 aliphatic heterocycles. The summed E-state index contributed by atoms with van der Waals surface area (Å²) in [5.41, 5.74) is 2.52. The van der Waals surface area contributed by atoms with Crippen molar-refractivity contribution < 1.29 is 17.8 Å². The van der Waals surface area contributed by atoms with E-state index in [4.69, 9.17) is 0 Å². The molecular weight excluding hydrogens is 447 g/mol. The number of nitrogens with zero attached hydrogens (tertiary/aromatic N) is 2. The Kier molecular flexibility index (Phi) is 9.53. The average molecular weight is 466 g/mol. The molecule has 0 N–H and O–H groups in total. The van der Waals surface area contributed by atoms with Crippen LogP contribution >= 0.6 is 13.3 Å². The van der Waals surface area contributed by atoms with E-state index >= 15 is 0 Å². The van der Waals surface area contributed by atoms with E-state index in [0.29, 0.717) is 0 Å². The molecule has 95 valence electrons. The van der Waals surface area contributed by atoms with Gasteiger partial charge in [-0.1, -0.05) is 0 Å². The van der Waals surface area contributed by atoms with E-state index in [0.717, 1.165) is 13.1 Å². The van der Waals surface area contributed by atoms with Crippen LogP contribution in [0.15, 0.2) is 18.2 Å². The van der Waals surface area contributed by atoms with Crippen molar-refractivity contribution in [3.63, 3.8) is 0 Å². The molecule has 0 saturated heterocycles. The fraction of sp³-hybridized carbons (Fsp3) is 0.500. The maximum absolute atomic E-state index is 3.42. The summed E-state index contributed by atoms with van der Waals surface area (Å²) in [4.78, 5) is 4.32. The van der Waals surface area contributed by atoms with Crippen LogP contribution in [0, 0.1) is 6.07 Å². The first-order chi connectivity index (χ1) is 7.58. The van der Waals surface area contributed by atoms with Gasteiger partial charge in [-0.25, -0.2) is 0 Å². The van der Waals surface area contributed by atoms with Crippen molar-refractivity contribution in [2.75, 3.05) is 28.2 Å². The number of rotatable bonds is 4. The molecule has 0 aliphatic rings. The molecule has 0 heterocycles.